The molecule has 2 aromatic carbocycles. The highest BCUT2D eigenvalue weighted by molar-refractivity contribution is 6.03. The first-order valence-corrected chi connectivity index (χ1v) is 8.80. The largest absolute Gasteiger partial charge is 0.416 e. The van der Waals surface area contributed by atoms with Crippen LogP contribution in [-0.4, -0.2) is 29.8 Å². The molecule has 0 saturated heterocycles. The molecule has 0 unspecified atom stereocenters. The van der Waals surface area contributed by atoms with E-state index in [1.54, 1.807) is 29.2 Å². The van der Waals surface area contributed by atoms with Crippen molar-refractivity contribution >= 4 is 23.6 Å². The zero-order valence-corrected chi connectivity index (χ0v) is 15.6. The van der Waals surface area contributed by atoms with E-state index in [0.29, 0.717) is 24.3 Å². The van der Waals surface area contributed by atoms with Crippen molar-refractivity contribution in [3.05, 3.63) is 71.3 Å². The molecule has 148 valence electrons. The quantitative estimate of drug-likeness (QED) is 0.718. The topological polar surface area (TPSA) is 49.4 Å². The lowest BCUT2D eigenvalue weighted by Crippen LogP contribution is -2.30. The number of anilines is 1. The SMILES string of the molecule is CCN(CC)C(=O)c1cccc(NC(=O)/C=C/c2cccc(C(F)(F)F)c2)c1. The first-order chi connectivity index (χ1) is 13.2. The number of nitrogens with one attached hydrogen (secondary N) is 1. The second kappa shape index (κ2) is 9.21. The van der Waals surface area contributed by atoms with Crippen LogP contribution in [0.4, 0.5) is 18.9 Å². The Hall–Kier alpha value is -3.09. The third-order valence-electron chi connectivity index (χ3n) is 4.07. The molecule has 0 heterocycles. The second-order valence-electron chi connectivity index (χ2n) is 6.00. The minimum Gasteiger partial charge on any atom is -0.339 e. The summed E-state index contributed by atoms with van der Waals surface area (Å²) < 4.78 is 38.2. The molecule has 0 saturated carbocycles. The van der Waals surface area contributed by atoms with E-state index in [2.05, 4.69) is 5.32 Å². The number of benzene rings is 2. The fourth-order valence-electron chi connectivity index (χ4n) is 2.60. The molecule has 0 aromatic heterocycles. The number of carbonyl (C=O) groups is 2. The van der Waals surface area contributed by atoms with Gasteiger partial charge in [-0.25, -0.2) is 0 Å². The van der Waals surface area contributed by atoms with Crippen molar-refractivity contribution in [2.45, 2.75) is 20.0 Å². The molecule has 0 fully saturated rings. The Labute approximate surface area is 161 Å². The molecule has 0 radical (unpaired) electrons. The summed E-state index contributed by atoms with van der Waals surface area (Å²) in [5, 5.41) is 2.61. The lowest BCUT2D eigenvalue weighted by atomic mass is 10.1. The van der Waals surface area contributed by atoms with E-state index in [-0.39, 0.29) is 11.5 Å². The maximum atomic E-state index is 12.7. The van der Waals surface area contributed by atoms with Gasteiger partial charge in [-0.05, 0) is 55.8 Å². The molecule has 2 rings (SSSR count). The standard InChI is InChI=1S/C21H21F3N2O2/c1-3-26(4-2)20(28)16-8-6-10-18(14-16)25-19(27)12-11-15-7-5-9-17(13-15)21(22,23)24/h5-14H,3-4H2,1-2H3,(H,25,27)/b12-11+. The third-order valence-corrected chi connectivity index (χ3v) is 4.07. The van der Waals surface area contributed by atoms with Crippen molar-refractivity contribution in [3.8, 4) is 0 Å². The van der Waals surface area contributed by atoms with E-state index in [0.717, 1.165) is 18.2 Å². The van der Waals surface area contributed by atoms with Crippen LogP contribution in [-0.2, 0) is 11.0 Å². The maximum absolute atomic E-state index is 12.7. The highest BCUT2D eigenvalue weighted by atomic mass is 19.4. The highest BCUT2D eigenvalue weighted by Gasteiger charge is 2.30. The van der Waals surface area contributed by atoms with E-state index in [4.69, 9.17) is 0 Å². The summed E-state index contributed by atoms with van der Waals surface area (Å²) in [7, 11) is 0. The minimum absolute atomic E-state index is 0.138. The average molecular weight is 390 g/mol. The van der Waals surface area contributed by atoms with Crippen molar-refractivity contribution in [1.82, 2.24) is 4.90 Å². The van der Waals surface area contributed by atoms with E-state index in [1.807, 2.05) is 13.8 Å². The first kappa shape index (κ1) is 21.2. The first-order valence-electron chi connectivity index (χ1n) is 8.80. The van der Waals surface area contributed by atoms with Gasteiger partial charge in [0.1, 0.15) is 0 Å². The van der Waals surface area contributed by atoms with Gasteiger partial charge in [0, 0.05) is 30.4 Å². The van der Waals surface area contributed by atoms with Crippen LogP contribution in [0.2, 0.25) is 0 Å². The normalized spacial score (nSPS) is 11.5. The summed E-state index contributed by atoms with van der Waals surface area (Å²) in [6, 6.07) is 11.2. The molecule has 1 N–H and O–H groups in total. The van der Waals surface area contributed by atoms with Crippen LogP contribution in [0.3, 0.4) is 0 Å². The molecule has 0 bridgehead atoms. The van der Waals surface area contributed by atoms with Crippen molar-refractivity contribution in [2.24, 2.45) is 0 Å². The van der Waals surface area contributed by atoms with Gasteiger partial charge >= 0.3 is 6.18 Å². The Morgan fingerprint density at radius 1 is 1.04 bits per heavy atom. The summed E-state index contributed by atoms with van der Waals surface area (Å²) in [6.07, 6.45) is -1.99. The van der Waals surface area contributed by atoms with Crippen LogP contribution < -0.4 is 5.32 Å². The van der Waals surface area contributed by atoms with Gasteiger partial charge in [-0.1, -0.05) is 18.2 Å². The number of rotatable bonds is 6. The average Bonchev–Trinajstić information content (AvgIpc) is 2.67. The molecule has 28 heavy (non-hydrogen) atoms. The number of hydrogen-bond donors (Lipinski definition) is 1. The van der Waals surface area contributed by atoms with Gasteiger partial charge in [-0.2, -0.15) is 13.2 Å². The predicted molar refractivity (Wildman–Crippen MR) is 103 cm³/mol. The monoisotopic (exact) mass is 390 g/mol. The molecule has 0 spiro atoms. The summed E-state index contributed by atoms with van der Waals surface area (Å²) in [6.45, 7) is 4.91. The fourth-order valence-corrected chi connectivity index (χ4v) is 2.60. The molecular weight excluding hydrogens is 369 g/mol. The third kappa shape index (κ3) is 5.70. The van der Waals surface area contributed by atoms with Crippen molar-refractivity contribution in [2.75, 3.05) is 18.4 Å². The maximum Gasteiger partial charge on any atom is 0.416 e. The molecule has 0 aliphatic carbocycles. The van der Waals surface area contributed by atoms with E-state index in [9.17, 15) is 22.8 Å². The summed E-state index contributed by atoms with van der Waals surface area (Å²) in [5.74, 6) is -0.648. The molecular formula is C21H21F3N2O2. The second-order valence-corrected chi connectivity index (χ2v) is 6.00. The Morgan fingerprint density at radius 3 is 2.36 bits per heavy atom. The number of halogens is 3. The summed E-state index contributed by atoms with van der Waals surface area (Å²) in [5.41, 5.74) is 0.355. The van der Waals surface area contributed by atoms with E-state index < -0.39 is 17.6 Å². The lowest BCUT2D eigenvalue weighted by molar-refractivity contribution is -0.137. The zero-order chi connectivity index (χ0) is 20.7. The molecule has 0 atom stereocenters. The van der Waals surface area contributed by atoms with Gasteiger partial charge in [-0.15, -0.1) is 0 Å². The van der Waals surface area contributed by atoms with Crippen molar-refractivity contribution in [3.63, 3.8) is 0 Å². The number of nitrogens with zero attached hydrogens (tertiary/aromatic N) is 1. The van der Waals surface area contributed by atoms with Gasteiger partial charge < -0.3 is 10.2 Å². The Bertz CT molecular complexity index is 872. The highest BCUT2D eigenvalue weighted by Crippen LogP contribution is 2.29. The fraction of sp³-hybridized carbons (Fsp3) is 0.238. The number of alkyl halides is 3. The number of carbonyl (C=O) groups excluding carboxylic acids is 2. The Kier molecular flexibility index (Phi) is 6.98. The predicted octanol–water partition coefficient (Wildman–Crippen LogP) is 4.84. The Balaban J connectivity index is 2.08. The molecule has 2 amide bonds. The van der Waals surface area contributed by atoms with E-state index >= 15 is 0 Å². The van der Waals surface area contributed by atoms with Crippen LogP contribution in [0.25, 0.3) is 6.08 Å². The summed E-state index contributed by atoms with van der Waals surface area (Å²) >= 11 is 0. The molecule has 7 heteroatoms. The Morgan fingerprint density at radius 2 is 1.71 bits per heavy atom. The molecule has 4 nitrogen and oxygen atoms in total. The zero-order valence-electron chi connectivity index (χ0n) is 15.6. The van der Waals surface area contributed by atoms with Crippen LogP contribution >= 0.6 is 0 Å². The van der Waals surface area contributed by atoms with Gasteiger partial charge in [0.05, 0.1) is 5.56 Å². The van der Waals surface area contributed by atoms with Gasteiger partial charge in [0.2, 0.25) is 5.91 Å². The molecule has 0 aliphatic heterocycles. The number of amides is 2. The number of hydrogen-bond acceptors (Lipinski definition) is 2. The smallest absolute Gasteiger partial charge is 0.339 e. The van der Waals surface area contributed by atoms with Crippen LogP contribution in [0.5, 0.6) is 0 Å². The van der Waals surface area contributed by atoms with Crippen LogP contribution in [0.15, 0.2) is 54.6 Å². The lowest BCUT2D eigenvalue weighted by Gasteiger charge is -2.18. The van der Waals surface area contributed by atoms with Crippen molar-refractivity contribution < 1.29 is 22.8 Å². The van der Waals surface area contributed by atoms with Crippen molar-refractivity contribution in [1.29, 1.82) is 0 Å². The van der Waals surface area contributed by atoms with Crippen LogP contribution in [0.1, 0.15) is 35.3 Å². The molecule has 0 aliphatic rings. The van der Waals surface area contributed by atoms with Crippen LogP contribution in [0, 0.1) is 0 Å². The van der Waals surface area contributed by atoms with E-state index in [1.165, 1.54) is 18.2 Å². The van der Waals surface area contributed by atoms with Gasteiger partial charge in [0.25, 0.3) is 5.91 Å². The minimum atomic E-state index is -4.44. The van der Waals surface area contributed by atoms with Gasteiger partial charge in [-0.3, -0.25) is 9.59 Å². The molecule has 2 aromatic rings. The van der Waals surface area contributed by atoms with Gasteiger partial charge in [0.15, 0.2) is 0 Å². The summed E-state index contributed by atoms with van der Waals surface area (Å²) in [4.78, 5) is 26.1.